The van der Waals surface area contributed by atoms with Crippen LogP contribution in [0, 0.1) is 0 Å². The van der Waals surface area contributed by atoms with Crippen molar-refractivity contribution in [3.63, 3.8) is 0 Å². The van der Waals surface area contributed by atoms with Crippen LogP contribution in [-0.2, 0) is 16.4 Å². The van der Waals surface area contributed by atoms with E-state index >= 15 is 0 Å². The Morgan fingerprint density at radius 3 is 2.44 bits per heavy atom. The minimum absolute atomic E-state index is 0.0555. The van der Waals surface area contributed by atoms with Crippen molar-refractivity contribution in [3.05, 3.63) is 52.2 Å². The smallest absolute Gasteiger partial charge is 0.264 e. The number of hydrogen-bond donors (Lipinski definition) is 0. The van der Waals surface area contributed by atoms with Gasteiger partial charge in [-0.05, 0) is 35.6 Å². The van der Waals surface area contributed by atoms with Gasteiger partial charge in [-0.2, -0.15) is 0 Å². The second-order valence-corrected chi connectivity index (χ2v) is 9.70. The third-order valence-corrected chi connectivity index (χ3v) is 7.06. The number of rotatable bonds is 5. The number of thiophene rings is 1. The van der Waals surface area contributed by atoms with Crippen LogP contribution in [0.1, 0.15) is 21.7 Å². The van der Waals surface area contributed by atoms with Crippen molar-refractivity contribution in [3.8, 4) is 0 Å². The van der Waals surface area contributed by atoms with Crippen LogP contribution in [0.2, 0.25) is 0 Å². The molecule has 0 unspecified atom stereocenters. The summed E-state index contributed by atoms with van der Waals surface area (Å²) in [5.41, 5.74) is 2.09. The Bertz CT molecular complexity index is 828. The summed E-state index contributed by atoms with van der Waals surface area (Å²) in [5.74, 6) is 0.125. The van der Waals surface area contributed by atoms with Gasteiger partial charge in [-0.3, -0.25) is 4.79 Å². The summed E-state index contributed by atoms with van der Waals surface area (Å²) in [6, 6.07) is 11.4. The second kappa shape index (κ2) is 7.17. The van der Waals surface area contributed by atoms with Crippen LogP contribution in [0.5, 0.6) is 0 Å². The van der Waals surface area contributed by atoms with Crippen LogP contribution >= 0.6 is 11.3 Å². The minimum atomic E-state index is -3.05. The predicted molar refractivity (Wildman–Crippen MR) is 102 cm³/mol. The van der Waals surface area contributed by atoms with Crippen molar-refractivity contribution >= 4 is 32.8 Å². The highest BCUT2D eigenvalue weighted by Gasteiger charge is 2.35. The molecule has 0 N–H and O–H groups in total. The van der Waals surface area contributed by atoms with E-state index in [4.69, 9.17) is 0 Å². The Balaban J connectivity index is 1.84. The maximum Gasteiger partial charge on any atom is 0.264 e. The molecule has 1 atom stereocenters. The molecule has 0 spiro atoms. The Labute approximate surface area is 152 Å². The lowest BCUT2D eigenvalue weighted by Gasteiger charge is -2.28. The van der Waals surface area contributed by atoms with Gasteiger partial charge in [-0.15, -0.1) is 11.3 Å². The van der Waals surface area contributed by atoms with Crippen LogP contribution in [0.15, 0.2) is 41.8 Å². The van der Waals surface area contributed by atoms with E-state index in [1.165, 1.54) is 11.3 Å². The molecule has 2 aromatic rings. The molecule has 134 valence electrons. The largest absolute Gasteiger partial charge is 0.378 e. The summed E-state index contributed by atoms with van der Waals surface area (Å²) in [7, 11) is 0.904. The molecule has 7 heteroatoms. The molecule has 1 saturated heterocycles. The number of carbonyl (C=O) groups excluding carboxylic acids is 1. The first-order valence-corrected chi connectivity index (χ1v) is 10.9. The lowest BCUT2D eigenvalue weighted by molar-refractivity contribution is 0.0686. The maximum atomic E-state index is 12.9. The topological polar surface area (TPSA) is 57.7 Å². The molecule has 3 rings (SSSR count). The molecular weight excluding hydrogens is 356 g/mol. The van der Waals surface area contributed by atoms with Crippen molar-refractivity contribution in [1.29, 1.82) is 0 Å². The van der Waals surface area contributed by atoms with Crippen LogP contribution in [0.25, 0.3) is 0 Å². The van der Waals surface area contributed by atoms with E-state index in [1.54, 1.807) is 11.0 Å². The summed E-state index contributed by atoms with van der Waals surface area (Å²) in [4.78, 5) is 17.3. The highest BCUT2D eigenvalue weighted by Crippen LogP contribution is 2.24. The van der Waals surface area contributed by atoms with Gasteiger partial charge in [0.1, 0.15) is 0 Å². The third-order valence-electron chi connectivity index (χ3n) is 4.45. The summed E-state index contributed by atoms with van der Waals surface area (Å²) < 4.78 is 23.8. The van der Waals surface area contributed by atoms with E-state index in [0.717, 1.165) is 11.3 Å². The molecule has 1 aromatic carbocycles. The zero-order chi connectivity index (χ0) is 18.0. The summed E-state index contributed by atoms with van der Waals surface area (Å²) in [5, 5.41) is 1.86. The molecule has 1 aromatic heterocycles. The highest BCUT2D eigenvalue weighted by molar-refractivity contribution is 7.91. The summed E-state index contributed by atoms with van der Waals surface area (Å²) in [6.45, 7) is 0.421. The van der Waals surface area contributed by atoms with Gasteiger partial charge in [-0.1, -0.05) is 18.2 Å². The van der Waals surface area contributed by atoms with Crippen molar-refractivity contribution in [2.75, 3.05) is 30.5 Å². The minimum Gasteiger partial charge on any atom is -0.378 e. The molecule has 2 heterocycles. The quantitative estimate of drug-likeness (QED) is 0.803. The van der Waals surface area contributed by atoms with Gasteiger partial charge in [0.2, 0.25) is 0 Å². The first-order valence-electron chi connectivity index (χ1n) is 8.17. The van der Waals surface area contributed by atoms with E-state index in [2.05, 4.69) is 0 Å². The Kier molecular flexibility index (Phi) is 5.15. The maximum absolute atomic E-state index is 12.9. The molecule has 1 fully saturated rings. The van der Waals surface area contributed by atoms with E-state index in [9.17, 15) is 13.2 Å². The molecule has 0 radical (unpaired) electrons. The zero-order valence-electron chi connectivity index (χ0n) is 14.4. The molecule has 1 amide bonds. The second-order valence-electron chi connectivity index (χ2n) is 6.53. The van der Waals surface area contributed by atoms with Crippen molar-refractivity contribution in [2.24, 2.45) is 0 Å². The first kappa shape index (κ1) is 17.9. The van der Waals surface area contributed by atoms with E-state index in [-0.39, 0.29) is 23.5 Å². The van der Waals surface area contributed by atoms with Gasteiger partial charge >= 0.3 is 0 Å². The fraction of sp³-hybridized carbons (Fsp3) is 0.389. The molecule has 5 nitrogen and oxygen atoms in total. The molecule has 0 bridgehead atoms. The predicted octanol–water partition coefficient (Wildman–Crippen LogP) is 2.64. The standard InChI is InChI=1S/C18H22N2O3S2/c1-19(2)15-7-5-14(6-8-15)12-20(16-9-11-25(22,23)13-16)18(21)17-4-3-10-24-17/h3-8,10,16H,9,11-13H2,1-2H3/t16-/m1/s1. The first-order chi connectivity index (χ1) is 11.9. The monoisotopic (exact) mass is 378 g/mol. The molecule has 0 saturated carbocycles. The lowest BCUT2D eigenvalue weighted by atomic mass is 10.1. The molecule has 0 aliphatic carbocycles. The molecular formula is C18H22N2O3S2. The van der Waals surface area contributed by atoms with Crippen LogP contribution in [0.4, 0.5) is 5.69 Å². The molecule has 1 aliphatic rings. The number of benzene rings is 1. The zero-order valence-corrected chi connectivity index (χ0v) is 16.0. The lowest BCUT2D eigenvalue weighted by Crippen LogP contribution is -2.40. The van der Waals surface area contributed by atoms with Gasteiger partial charge in [0.15, 0.2) is 9.84 Å². The van der Waals surface area contributed by atoms with E-state index < -0.39 is 9.84 Å². The normalized spacial score (nSPS) is 18.9. The average Bonchev–Trinajstić information content (AvgIpc) is 3.22. The van der Waals surface area contributed by atoms with Gasteiger partial charge in [0.25, 0.3) is 5.91 Å². The van der Waals surface area contributed by atoms with Crippen molar-refractivity contribution in [1.82, 2.24) is 4.90 Å². The number of carbonyl (C=O) groups is 1. The van der Waals surface area contributed by atoms with Gasteiger partial charge in [0, 0.05) is 32.4 Å². The van der Waals surface area contributed by atoms with E-state index in [0.29, 0.717) is 17.8 Å². The summed E-state index contributed by atoms with van der Waals surface area (Å²) >= 11 is 1.39. The van der Waals surface area contributed by atoms with Crippen molar-refractivity contribution in [2.45, 2.75) is 19.0 Å². The molecule has 25 heavy (non-hydrogen) atoms. The number of nitrogens with zero attached hydrogens (tertiary/aromatic N) is 2. The SMILES string of the molecule is CN(C)c1ccc(CN(C(=O)c2cccs2)[C@@H]2CCS(=O)(=O)C2)cc1. The average molecular weight is 379 g/mol. The van der Waals surface area contributed by atoms with E-state index in [1.807, 2.05) is 54.7 Å². The summed E-state index contributed by atoms with van der Waals surface area (Å²) in [6.07, 6.45) is 0.509. The molecule has 1 aliphatic heterocycles. The fourth-order valence-electron chi connectivity index (χ4n) is 3.03. The number of amides is 1. The Hall–Kier alpha value is -1.86. The van der Waals surface area contributed by atoms with Gasteiger partial charge < -0.3 is 9.80 Å². The third kappa shape index (κ3) is 4.22. The number of hydrogen-bond acceptors (Lipinski definition) is 5. The Morgan fingerprint density at radius 2 is 1.92 bits per heavy atom. The highest BCUT2D eigenvalue weighted by atomic mass is 32.2. The Morgan fingerprint density at radius 1 is 1.20 bits per heavy atom. The van der Waals surface area contributed by atoms with Crippen LogP contribution in [-0.4, -0.2) is 50.9 Å². The van der Waals surface area contributed by atoms with Gasteiger partial charge in [-0.25, -0.2) is 8.42 Å². The number of sulfone groups is 1. The van der Waals surface area contributed by atoms with Crippen molar-refractivity contribution < 1.29 is 13.2 Å². The number of anilines is 1. The van der Waals surface area contributed by atoms with Gasteiger partial charge in [0.05, 0.1) is 16.4 Å². The van der Waals surface area contributed by atoms with Crippen LogP contribution < -0.4 is 4.90 Å². The fourth-order valence-corrected chi connectivity index (χ4v) is 5.44. The van der Waals surface area contributed by atoms with Crippen LogP contribution in [0.3, 0.4) is 0 Å².